The van der Waals surface area contributed by atoms with Gasteiger partial charge in [-0.2, -0.15) is 0 Å². The summed E-state index contributed by atoms with van der Waals surface area (Å²) in [6.45, 7) is 2.60. The number of fused-ring (bicyclic) bond motifs is 1. The Morgan fingerprint density at radius 3 is 2.85 bits per heavy atom. The lowest BCUT2D eigenvalue weighted by molar-refractivity contribution is 0.0728. The van der Waals surface area contributed by atoms with Crippen molar-refractivity contribution in [2.75, 3.05) is 20.1 Å². The van der Waals surface area contributed by atoms with Gasteiger partial charge >= 0.3 is 6.03 Å². The summed E-state index contributed by atoms with van der Waals surface area (Å²) >= 11 is 0. The number of hydrogen-bond acceptors (Lipinski definition) is 4. The third kappa shape index (κ3) is 3.51. The second-order valence-corrected chi connectivity index (χ2v) is 7.12. The molecule has 3 heterocycles. The van der Waals surface area contributed by atoms with Crippen LogP contribution in [0.25, 0.3) is 0 Å². The molecule has 8 nitrogen and oxygen atoms in total. The van der Waals surface area contributed by atoms with Gasteiger partial charge in [0.2, 0.25) is 0 Å². The van der Waals surface area contributed by atoms with E-state index >= 15 is 0 Å². The molecule has 0 radical (unpaired) electrons. The second kappa shape index (κ2) is 7.38. The van der Waals surface area contributed by atoms with Crippen molar-refractivity contribution in [2.45, 2.75) is 38.4 Å². The maximum Gasteiger partial charge on any atom is 0.317 e. The first-order chi connectivity index (χ1) is 13.2. The fourth-order valence-corrected chi connectivity index (χ4v) is 3.97. The summed E-state index contributed by atoms with van der Waals surface area (Å²) < 4.78 is 1.68. The van der Waals surface area contributed by atoms with E-state index in [1.165, 1.54) is 11.1 Å². The Morgan fingerprint density at radius 1 is 1.22 bits per heavy atom. The largest absolute Gasteiger partial charge is 0.341 e. The normalized spacial score (nSPS) is 19.1. The Bertz CT molecular complexity index is 848. The Labute approximate surface area is 158 Å². The van der Waals surface area contributed by atoms with Crippen LogP contribution in [0.2, 0.25) is 0 Å². The van der Waals surface area contributed by atoms with Crippen molar-refractivity contribution in [3.05, 3.63) is 47.3 Å². The van der Waals surface area contributed by atoms with E-state index in [0.29, 0.717) is 25.3 Å². The molecule has 2 aliphatic rings. The van der Waals surface area contributed by atoms with Gasteiger partial charge < -0.3 is 15.1 Å². The molecule has 1 fully saturated rings. The molecule has 0 spiro atoms. The molecular weight excluding hydrogens is 344 g/mol. The van der Waals surface area contributed by atoms with Crippen LogP contribution in [-0.4, -0.2) is 62.9 Å². The molecule has 0 saturated carbocycles. The van der Waals surface area contributed by atoms with Crippen LogP contribution in [0.3, 0.4) is 0 Å². The standard InChI is InChI=1S/C19H24N6O2/c1-20-19(27)25-9-4-7-16(25)12-24-13-17(21-22-24)18(26)23-10-8-14-5-2-3-6-15(14)11-23/h2-3,5-6,13,16H,4,7-12H2,1H3,(H,20,27)/t16-/m0/s1. The van der Waals surface area contributed by atoms with E-state index in [9.17, 15) is 9.59 Å². The number of amides is 3. The number of carbonyl (C=O) groups is 2. The van der Waals surface area contributed by atoms with E-state index in [1.807, 2.05) is 21.9 Å². The number of nitrogens with zero attached hydrogens (tertiary/aromatic N) is 5. The number of carbonyl (C=O) groups excluding carboxylic acids is 2. The molecule has 0 aliphatic carbocycles. The lowest BCUT2D eigenvalue weighted by atomic mass is 10.00. The Hall–Kier alpha value is -2.90. The van der Waals surface area contributed by atoms with Gasteiger partial charge in [-0.15, -0.1) is 5.10 Å². The number of likely N-dealkylation sites (tertiary alicyclic amines) is 1. The third-order valence-electron chi connectivity index (χ3n) is 5.43. The van der Waals surface area contributed by atoms with Gasteiger partial charge in [-0.1, -0.05) is 29.5 Å². The van der Waals surface area contributed by atoms with Gasteiger partial charge in [0.05, 0.1) is 18.8 Å². The first-order valence-corrected chi connectivity index (χ1v) is 9.40. The number of benzene rings is 1. The van der Waals surface area contributed by atoms with E-state index in [-0.39, 0.29) is 18.0 Å². The molecule has 0 unspecified atom stereocenters. The SMILES string of the molecule is CNC(=O)N1CCC[C@H]1Cn1cc(C(=O)N2CCc3ccccc3C2)nn1. The molecule has 0 bridgehead atoms. The zero-order valence-corrected chi connectivity index (χ0v) is 15.5. The van der Waals surface area contributed by atoms with Gasteiger partial charge in [0.15, 0.2) is 5.69 Å². The summed E-state index contributed by atoms with van der Waals surface area (Å²) in [6.07, 6.45) is 4.47. The molecule has 142 valence electrons. The number of aromatic nitrogens is 3. The number of nitrogens with one attached hydrogen (secondary N) is 1. The molecule has 8 heteroatoms. The zero-order valence-electron chi connectivity index (χ0n) is 15.5. The van der Waals surface area contributed by atoms with Crippen molar-refractivity contribution in [1.29, 1.82) is 0 Å². The topological polar surface area (TPSA) is 83.4 Å². The summed E-state index contributed by atoms with van der Waals surface area (Å²) in [5, 5.41) is 10.9. The minimum absolute atomic E-state index is 0.0686. The molecular formula is C19H24N6O2. The predicted molar refractivity (Wildman–Crippen MR) is 99.1 cm³/mol. The third-order valence-corrected chi connectivity index (χ3v) is 5.43. The molecule has 1 saturated heterocycles. The van der Waals surface area contributed by atoms with Crippen LogP contribution in [-0.2, 0) is 19.5 Å². The van der Waals surface area contributed by atoms with Gasteiger partial charge in [0, 0.05) is 26.7 Å². The maximum atomic E-state index is 12.8. The molecule has 1 aromatic carbocycles. The Kier molecular flexibility index (Phi) is 4.79. The van der Waals surface area contributed by atoms with Crippen molar-refractivity contribution < 1.29 is 9.59 Å². The molecule has 3 amide bonds. The summed E-state index contributed by atoms with van der Waals surface area (Å²) in [6, 6.07) is 8.24. The van der Waals surface area contributed by atoms with Gasteiger partial charge in [0.25, 0.3) is 5.91 Å². The minimum Gasteiger partial charge on any atom is -0.341 e. The van der Waals surface area contributed by atoms with E-state index in [1.54, 1.807) is 17.9 Å². The van der Waals surface area contributed by atoms with E-state index in [2.05, 4.69) is 27.8 Å². The van der Waals surface area contributed by atoms with Crippen LogP contribution in [0, 0.1) is 0 Å². The highest BCUT2D eigenvalue weighted by Gasteiger charge is 2.29. The van der Waals surface area contributed by atoms with Crippen molar-refractivity contribution in [1.82, 2.24) is 30.1 Å². The number of hydrogen-bond donors (Lipinski definition) is 1. The maximum absolute atomic E-state index is 12.8. The van der Waals surface area contributed by atoms with Crippen LogP contribution in [0.5, 0.6) is 0 Å². The highest BCUT2D eigenvalue weighted by molar-refractivity contribution is 5.92. The quantitative estimate of drug-likeness (QED) is 0.885. The van der Waals surface area contributed by atoms with Crippen molar-refractivity contribution in [3.8, 4) is 0 Å². The van der Waals surface area contributed by atoms with E-state index < -0.39 is 0 Å². The van der Waals surface area contributed by atoms with Gasteiger partial charge in [-0.05, 0) is 30.4 Å². The molecule has 4 rings (SSSR count). The van der Waals surface area contributed by atoms with Gasteiger partial charge in [-0.3, -0.25) is 4.79 Å². The monoisotopic (exact) mass is 368 g/mol. The van der Waals surface area contributed by atoms with Crippen LogP contribution < -0.4 is 5.32 Å². The first kappa shape index (κ1) is 17.5. The van der Waals surface area contributed by atoms with E-state index in [4.69, 9.17) is 0 Å². The highest BCUT2D eigenvalue weighted by atomic mass is 16.2. The van der Waals surface area contributed by atoms with Gasteiger partial charge in [-0.25, -0.2) is 9.48 Å². The molecule has 1 aromatic heterocycles. The smallest absolute Gasteiger partial charge is 0.317 e. The van der Waals surface area contributed by atoms with Crippen LogP contribution in [0.4, 0.5) is 4.79 Å². The summed E-state index contributed by atoms with van der Waals surface area (Å²) in [4.78, 5) is 28.4. The summed E-state index contributed by atoms with van der Waals surface area (Å²) in [5.74, 6) is -0.0923. The number of rotatable bonds is 3. The fourth-order valence-electron chi connectivity index (χ4n) is 3.97. The summed E-state index contributed by atoms with van der Waals surface area (Å²) in [7, 11) is 1.64. The Balaban J connectivity index is 1.42. The Morgan fingerprint density at radius 2 is 2.04 bits per heavy atom. The molecule has 1 N–H and O–H groups in total. The average Bonchev–Trinajstić information content (AvgIpc) is 3.36. The van der Waals surface area contributed by atoms with Crippen LogP contribution in [0.15, 0.2) is 30.5 Å². The van der Waals surface area contributed by atoms with Gasteiger partial charge in [0.1, 0.15) is 0 Å². The first-order valence-electron chi connectivity index (χ1n) is 9.40. The highest BCUT2D eigenvalue weighted by Crippen LogP contribution is 2.21. The molecule has 2 aliphatic heterocycles. The van der Waals surface area contributed by atoms with Crippen LogP contribution >= 0.6 is 0 Å². The van der Waals surface area contributed by atoms with E-state index in [0.717, 1.165) is 25.8 Å². The zero-order chi connectivity index (χ0) is 18.8. The predicted octanol–water partition coefficient (Wildman–Crippen LogP) is 1.28. The van der Waals surface area contributed by atoms with Crippen LogP contribution in [0.1, 0.15) is 34.5 Å². The summed E-state index contributed by atoms with van der Waals surface area (Å²) in [5.41, 5.74) is 2.86. The minimum atomic E-state index is -0.0923. The molecule has 27 heavy (non-hydrogen) atoms. The average molecular weight is 368 g/mol. The lowest BCUT2D eigenvalue weighted by Gasteiger charge is -2.28. The van der Waals surface area contributed by atoms with Crippen molar-refractivity contribution >= 4 is 11.9 Å². The molecule has 1 atom stereocenters. The van der Waals surface area contributed by atoms with Crippen molar-refractivity contribution in [2.24, 2.45) is 0 Å². The lowest BCUT2D eigenvalue weighted by Crippen LogP contribution is -2.43. The van der Waals surface area contributed by atoms with Crippen molar-refractivity contribution in [3.63, 3.8) is 0 Å². The molecule has 2 aromatic rings. The number of urea groups is 1. The fraction of sp³-hybridized carbons (Fsp3) is 0.474. The second-order valence-electron chi connectivity index (χ2n) is 7.12.